The largest absolute Gasteiger partial charge is 0.298 e. The third-order valence-electron chi connectivity index (χ3n) is 2.87. The molecular weight excluding hydrogens is 242 g/mol. The Morgan fingerprint density at radius 1 is 1.31 bits per heavy atom. The maximum Gasteiger partial charge on any atom is 0.152 e. The topological polar surface area (TPSA) is 30.0 Å². The number of carbonyl (C=O) groups is 1. The van der Waals surface area contributed by atoms with Crippen molar-refractivity contribution in [3.63, 3.8) is 0 Å². The summed E-state index contributed by atoms with van der Waals surface area (Å²) in [5.41, 5.74) is 0.590. The van der Waals surface area contributed by atoms with E-state index < -0.39 is 0 Å². The first kappa shape index (κ1) is 11.9. The molecule has 0 N–H and O–H groups in total. The Morgan fingerprint density at radius 3 is 2.75 bits per heavy atom. The predicted molar refractivity (Wildman–Crippen MR) is 67.4 cm³/mol. The predicted octanol–water partition coefficient (Wildman–Crippen LogP) is 3.97. The Morgan fingerprint density at radius 2 is 2.06 bits per heavy atom. The van der Waals surface area contributed by atoms with Gasteiger partial charge in [-0.2, -0.15) is 0 Å². The third-order valence-corrected chi connectivity index (χ3v) is 4.55. The van der Waals surface area contributed by atoms with Crippen LogP contribution in [0.5, 0.6) is 0 Å². The van der Waals surface area contributed by atoms with Gasteiger partial charge in [0.15, 0.2) is 6.29 Å². The van der Waals surface area contributed by atoms with Gasteiger partial charge in [0.2, 0.25) is 0 Å². The fraction of sp³-hybridized carbons (Fsp3) is 0.500. The van der Waals surface area contributed by atoms with E-state index in [1.807, 2.05) is 0 Å². The molecule has 0 spiro atoms. The fourth-order valence-electron chi connectivity index (χ4n) is 2.00. The number of nitrogens with zero attached hydrogens (tertiary/aromatic N) is 1. The van der Waals surface area contributed by atoms with E-state index in [9.17, 15) is 4.79 Å². The standard InChI is InChI=1S/C12H14ClNOS/c13-11-6-14-7-12(10(11)8-15)16-9-4-2-1-3-5-9/h6-9H,1-5H2. The van der Waals surface area contributed by atoms with Crippen LogP contribution in [0.4, 0.5) is 0 Å². The molecule has 0 aromatic carbocycles. The molecule has 16 heavy (non-hydrogen) atoms. The molecule has 2 rings (SSSR count). The Bertz CT molecular complexity index is 377. The second-order valence-electron chi connectivity index (χ2n) is 4.03. The molecule has 1 aliphatic carbocycles. The second kappa shape index (κ2) is 5.69. The summed E-state index contributed by atoms with van der Waals surface area (Å²) in [7, 11) is 0. The molecule has 1 aromatic heterocycles. The highest BCUT2D eigenvalue weighted by Crippen LogP contribution is 2.35. The maximum absolute atomic E-state index is 11.0. The average Bonchev–Trinajstić information content (AvgIpc) is 2.31. The van der Waals surface area contributed by atoms with E-state index in [4.69, 9.17) is 11.6 Å². The van der Waals surface area contributed by atoms with Crippen molar-refractivity contribution in [1.82, 2.24) is 4.98 Å². The lowest BCUT2D eigenvalue weighted by Crippen LogP contribution is -2.08. The van der Waals surface area contributed by atoms with Crippen molar-refractivity contribution in [2.75, 3.05) is 0 Å². The normalized spacial score (nSPS) is 17.3. The summed E-state index contributed by atoms with van der Waals surface area (Å²) in [6.07, 6.45) is 10.5. The number of rotatable bonds is 3. The molecule has 0 atom stereocenters. The zero-order valence-electron chi connectivity index (χ0n) is 8.99. The highest BCUT2D eigenvalue weighted by Gasteiger charge is 2.17. The minimum atomic E-state index is 0.454. The SMILES string of the molecule is O=Cc1c(Cl)cncc1SC1CCCCC1. The molecule has 0 unspecified atom stereocenters. The summed E-state index contributed by atoms with van der Waals surface area (Å²) in [5, 5.41) is 1.07. The monoisotopic (exact) mass is 255 g/mol. The Kier molecular flexibility index (Phi) is 4.24. The Balaban J connectivity index is 2.13. The van der Waals surface area contributed by atoms with Crippen LogP contribution in [0.15, 0.2) is 17.3 Å². The van der Waals surface area contributed by atoms with Crippen LogP contribution in [0, 0.1) is 0 Å². The summed E-state index contributed by atoms with van der Waals surface area (Å²) in [6.45, 7) is 0. The van der Waals surface area contributed by atoms with Crippen molar-refractivity contribution in [2.24, 2.45) is 0 Å². The molecule has 0 saturated heterocycles. The minimum Gasteiger partial charge on any atom is -0.298 e. The lowest BCUT2D eigenvalue weighted by molar-refractivity contribution is 0.112. The number of pyridine rings is 1. The van der Waals surface area contributed by atoms with Crippen LogP contribution in [0.25, 0.3) is 0 Å². The highest BCUT2D eigenvalue weighted by molar-refractivity contribution is 8.00. The molecule has 1 heterocycles. The molecule has 4 heteroatoms. The van der Waals surface area contributed by atoms with Crippen LogP contribution in [0.2, 0.25) is 5.02 Å². The number of carbonyl (C=O) groups excluding carboxylic acids is 1. The first-order valence-corrected chi connectivity index (χ1v) is 6.82. The van der Waals surface area contributed by atoms with Gasteiger partial charge in [0.05, 0.1) is 5.02 Å². The second-order valence-corrected chi connectivity index (χ2v) is 5.78. The van der Waals surface area contributed by atoms with E-state index in [-0.39, 0.29) is 0 Å². The van der Waals surface area contributed by atoms with Gasteiger partial charge in [-0.25, -0.2) is 0 Å². The van der Waals surface area contributed by atoms with Gasteiger partial charge >= 0.3 is 0 Å². The number of aldehydes is 1. The molecule has 0 radical (unpaired) electrons. The molecule has 1 aromatic rings. The van der Waals surface area contributed by atoms with E-state index in [2.05, 4.69) is 4.98 Å². The fourth-order valence-corrected chi connectivity index (χ4v) is 3.59. The van der Waals surface area contributed by atoms with Gasteiger partial charge in [0.1, 0.15) is 0 Å². The van der Waals surface area contributed by atoms with Gasteiger partial charge in [-0.3, -0.25) is 9.78 Å². The molecular formula is C12H14ClNOS. The zero-order chi connectivity index (χ0) is 11.4. The first-order chi connectivity index (χ1) is 7.81. The van der Waals surface area contributed by atoms with E-state index in [1.54, 1.807) is 18.0 Å². The molecule has 2 nitrogen and oxygen atoms in total. The van der Waals surface area contributed by atoms with Crippen LogP contribution in [-0.4, -0.2) is 16.5 Å². The summed E-state index contributed by atoms with van der Waals surface area (Å²) in [4.78, 5) is 15.9. The van der Waals surface area contributed by atoms with Gasteiger partial charge in [0.25, 0.3) is 0 Å². The molecule has 1 fully saturated rings. The number of aromatic nitrogens is 1. The number of hydrogen-bond donors (Lipinski definition) is 0. The van der Waals surface area contributed by atoms with Gasteiger partial charge in [-0.15, -0.1) is 11.8 Å². The van der Waals surface area contributed by atoms with Gasteiger partial charge < -0.3 is 0 Å². The summed E-state index contributed by atoms with van der Waals surface area (Å²) in [6, 6.07) is 0. The zero-order valence-corrected chi connectivity index (χ0v) is 10.6. The van der Waals surface area contributed by atoms with Crippen LogP contribution >= 0.6 is 23.4 Å². The van der Waals surface area contributed by atoms with Gasteiger partial charge in [0, 0.05) is 28.1 Å². The summed E-state index contributed by atoms with van der Waals surface area (Å²) in [5.74, 6) is 0. The average molecular weight is 256 g/mol. The van der Waals surface area contributed by atoms with E-state index in [1.165, 1.54) is 38.3 Å². The molecule has 1 saturated carbocycles. The lowest BCUT2D eigenvalue weighted by Gasteiger charge is -2.21. The van der Waals surface area contributed by atoms with E-state index in [0.29, 0.717) is 15.8 Å². The first-order valence-electron chi connectivity index (χ1n) is 5.56. The van der Waals surface area contributed by atoms with Crippen LogP contribution in [-0.2, 0) is 0 Å². The van der Waals surface area contributed by atoms with Crippen molar-refractivity contribution in [3.05, 3.63) is 23.0 Å². The smallest absolute Gasteiger partial charge is 0.152 e. The highest BCUT2D eigenvalue weighted by atomic mass is 35.5. The van der Waals surface area contributed by atoms with E-state index in [0.717, 1.165) is 11.2 Å². The quantitative estimate of drug-likeness (QED) is 0.766. The maximum atomic E-state index is 11.0. The number of halogens is 1. The third kappa shape index (κ3) is 2.77. The van der Waals surface area contributed by atoms with E-state index >= 15 is 0 Å². The van der Waals surface area contributed by atoms with Gasteiger partial charge in [-0.05, 0) is 12.8 Å². The molecule has 0 aliphatic heterocycles. The molecule has 0 amide bonds. The van der Waals surface area contributed by atoms with Crippen LogP contribution < -0.4 is 0 Å². The van der Waals surface area contributed by atoms with Crippen molar-refractivity contribution < 1.29 is 4.79 Å². The number of hydrogen-bond acceptors (Lipinski definition) is 3. The Labute approximate surface area is 105 Å². The minimum absolute atomic E-state index is 0.454. The van der Waals surface area contributed by atoms with Gasteiger partial charge in [-0.1, -0.05) is 30.9 Å². The lowest BCUT2D eigenvalue weighted by atomic mass is 10.0. The number of thioether (sulfide) groups is 1. The summed E-state index contributed by atoms with van der Waals surface area (Å²) >= 11 is 7.69. The van der Waals surface area contributed by atoms with Crippen molar-refractivity contribution in [3.8, 4) is 0 Å². The molecule has 1 aliphatic rings. The van der Waals surface area contributed by atoms with Crippen molar-refractivity contribution >= 4 is 29.6 Å². The van der Waals surface area contributed by atoms with Crippen LogP contribution in [0.1, 0.15) is 42.5 Å². The Hall–Kier alpha value is -0.540. The van der Waals surface area contributed by atoms with Crippen molar-refractivity contribution in [1.29, 1.82) is 0 Å². The molecule has 0 bridgehead atoms. The van der Waals surface area contributed by atoms with Crippen molar-refractivity contribution in [2.45, 2.75) is 42.2 Å². The molecule has 86 valence electrons. The van der Waals surface area contributed by atoms with Crippen LogP contribution in [0.3, 0.4) is 0 Å². The summed E-state index contributed by atoms with van der Waals surface area (Å²) < 4.78 is 0.